The highest BCUT2D eigenvalue weighted by atomic mass is 32.2. The molecule has 0 atom stereocenters. The average molecular weight is 281 g/mol. The second kappa shape index (κ2) is 5.60. The van der Waals surface area contributed by atoms with Crippen LogP contribution >= 0.6 is 0 Å². The summed E-state index contributed by atoms with van der Waals surface area (Å²) in [6, 6.07) is 5.04. The Hall–Kier alpha value is -1.24. The maximum absolute atomic E-state index is 12.5. The predicted molar refractivity (Wildman–Crippen MR) is 63.1 cm³/mol. The van der Waals surface area contributed by atoms with E-state index in [0.29, 0.717) is 6.54 Å². The predicted octanol–water partition coefficient (Wildman–Crippen LogP) is 3.19. The Bertz CT molecular complexity index is 497. The molecule has 18 heavy (non-hydrogen) atoms. The lowest BCUT2D eigenvalue weighted by atomic mass is 10.3. The molecule has 102 valence electrons. The normalized spacial score (nSPS) is 12.4. The monoisotopic (exact) mass is 281 g/mol. The highest BCUT2D eigenvalue weighted by Crippen LogP contribution is 2.34. The van der Waals surface area contributed by atoms with Crippen molar-refractivity contribution in [1.82, 2.24) is 0 Å². The third-order valence-corrected chi connectivity index (χ3v) is 3.87. The molecule has 1 rings (SSSR count). The number of rotatable bonds is 5. The fraction of sp³-hybridized carbons (Fsp3) is 0.455. The van der Waals surface area contributed by atoms with Crippen LogP contribution in [0.4, 0.5) is 18.9 Å². The van der Waals surface area contributed by atoms with Gasteiger partial charge in [0.2, 0.25) is 0 Å². The van der Waals surface area contributed by atoms with Crippen molar-refractivity contribution >= 4 is 15.5 Å². The molecule has 0 heterocycles. The number of hydrogen-bond acceptors (Lipinski definition) is 3. The third-order valence-electron chi connectivity index (χ3n) is 2.33. The van der Waals surface area contributed by atoms with Crippen LogP contribution in [0.2, 0.25) is 0 Å². The van der Waals surface area contributed by atoms with Crippen LogP contribution in [0.25, 0.3) is 0 Å². The highest BCUT2D eigenvalue weighted by Gasteiger charge is 2.47. The lowest BCUT2D eigenvalue weighted by Gasteiger charge is -2.13. The topological polar surface area (TPSA) is 46.2 Å². The smallest absolute Gasteiger partial charge is 0.384 e. The molecule has 0 aromatic heterocycles. The molecule has 0 aliphatic rings. The Morgan fingerprint density at radius 1 is 1.22 bits per heavy atom. The summed E-state index contributed by atoms with van der Waals surface area (Å²) in [5.41, 5.74) is -5.29. The number of para-hydroxylation sites is 1. The van der Waals surface area contributed by atoms with E-state index in [0.717, 1.165) is 18.9 Å². The minimum Gasteiger partial charge on any atom is -0.384 e. The number of sulfone groups is 1. The van der Waals surface area contributed by atoms with Crippen LogP contribution in [-0.2, 0) is 9.84 Å². The number of nitrogens with one attached hydrogen (secondary N) is 1. The van der Waals surface area contributed by atoms with Crippen molar-refractivity contribution in [3.05, 3.63) is 24.3 Å². The maximum atomic E-state index is 12.5. The zero-order valence-electron chi connectivity index (χ0n) is 9.79. The molecule has 0 aliphatic heterocycles. The first-order valence-corrected chi connectivity index (χ1v) is 6.93. The standard InChI is InChI=1S/C11H14F3NO2S/c1-2-3-8-15-9-6-4-5-7-10(9)18(16,17)11(12,13)14/h4-7,15H,2-3,8H2,1H3. The molecule has 0 amide bonds. The van der Waals surface area contributed by atoms with Gasteiger partial charge in [-0.25, -0.2) is 8.42 Å². The first kappa shape index (κ1) is 14.8. The average Bonchev–Trinajstić information content (AvgIpc) is 2.28. The van der Waals surface area contributed by atoms with E-state index in [4.69, 9.17) is 0 Å². The Balaban J connectivity index is 3.10. The van der Waals surface area contributed by atoms with Crippen LogP contribution in [0.5, 0.6) is 0 Å². The number of hydrogen-bond donors (Lipinski definition) is 1. The summed E-state index contributed by atoms with van der Waals surface area (Å²) in [4.78, 5) is -0.728. The summed E-state index contributed by atoms with van der Waals surface area (Å²) in [5, 5.41) is 2.71. The molecule has 0 bridgehead atoms. The Morgan fingerprint density at radius 2 is 1.83 bits per heavy atom. The van der Waals surface area contributed by atoms with Gasteiger partial charge in [-0.2, -0.15) is 13.2 Å². The summed E-state index contributed by atoms with van der Waals surface area (Å²) in [5.74, 6) is 0. The van der Waals surface area contributed by atoms with Crippen molar-refractivity contribution < 1.29 is 21.6 Å². The van der Waals surface area contributed by atoms with Gasteiger partial charge in [-0.1, -0.05) is 25.5 Å². The van der Waals surface area contributed by atoms with Crippen LogP contribution in [0.15, 0.2) is 29.2 Å². The van der Waals surface area contributed by atoms with E-state index in [1.807, 2.05) is 6.92 Å². The third kappa shape index (κ3) is 3.16. The summed E-state index contributed by atoms with van der Waals surface area (Å²) >= 11 is 0. The van der Waals surface area contributed by atoms with Crippen LogP contribution in [0.1, 0.15) is 19.8 Å². The fourth-order valence-corrected chi connectivity index (χ4v) is 2.31. The first-order valence-electron chi connectivity index (χ1n) is 5.45. The number of anilines is 1. The van der Waals surface area contributed by atoms with Crippen LogP contribution in [0.3, 0.4) is 0 Å². The summed E-state index contributed by atoms with van der Waals surface area (Å²) in [6.45, 7) is 2.36. The zero-order valence-corrected chi connectivity index (χ0v) is 10.6. The van der Waals surface area contributed by atoms with E-state index in [9.17, 15) is 21.6 Å². The molecule has 7 heteroatoms. The van der Waals surface area contributed by atoms with E-state index in [1.54, 1.807) is 0 Å². The van der Waals surface area contributed by atoms with Gasteiger partial charge in [0.15, 0.2) is 0 Å². The second-order valence-electron chi connectivity index (χ2n) is 3.73. The van der Waals surface area contributed by atoms with E-state index in [-0.39, 0.29) is 5.69 Å². The van der Waals surface area contributed by atoms with Crippen LogP contribution in [-0.4, -0.2) is 20.5 Å². The van der Waals surface area contributed by atoms with Crippen molar-refractivity contribution in [2.45, 2.75) is 30.2 Å². The molecule has 0 aliphatic carbocycles. The fourth-order valence-electron chi connectivity index (χ4n) is 1.37. The minimum atomic E-state index is -5.31. The minimum absolute atomic E-state index is 0.0109. The van der Waals surface area contributed by atoms with Crippen LogP contribution in [0, 0.1) is 0 Å². The quantitative estimate of drug-likeness (QED) is 0.843. The van der Waals surface area contributed by atoms with Gasteiger partial charge in [0.1, 0.15) is 0 Å². The first-order chi connectivity index (χ1) is 8.30. The van der Waals surface area contributed by atoms with Crippen molar-refractivity contribution in [3.63, 3.8) is 0 Å². The number of halogens is 3. The maximum Gasteiger partial charge on any atom is 0.501 e. The molecule has 0 spiro atoms. The Morgan fingerprint density at radius 3 is 2.39 bits per heavy atom. The molecular formula is C11H14F3NO2S. The number of benzene rings is 1. The summed E-state index contributed by atoms with van der Waals surface area (Å²) in [6.07, 6.45) is 1.61. The lowest BCUT2D eigenvalue weighted by Crippen LogP contribution is -2.24. The molecule has 0 radical (unpaired) electrons. The van der Waals surface area contributed by atoms with Crippen molar-refractivity contribution in [1.29, 1.82) is 0 Å². The second-order valence-corrected chi connectivity index (χ2v) is 5.64. The lowest BCUT2D eigenvalue weighted by molar-refractivity contribution is -0.0435. The van der Waals surface area contributed by atoms with Crippen LogP contribution < -0.4 is 5.32 Å². The Labute approximate surface area is 104 Å². The number of unbranched alkanes of at least 4 members (excludes halogenated alkanes) is 1. The molecule has 1 aromatic carbocycles. The van der Waals surface area contributed by atoms with Gasteiger partial charge >= 0.3 is 5.51 Å². The molecular weight excluding hydrogens is 267 g/mol. The van der Waals surface area contributed by atoms with Crippen molar-refractivity contribution in [2.24, 2.45) is 0 Å². The van der Waals surface area contributed by atoms with Crippen molar-refractivity contribution in [2.75, 3.05) is 11.9 Å². The van der Waals surface area contributed by atoms with E-state index in [1.165, 1.54) is 18.2 Å². The SMILES string of the molecule is CCCCNc1ccccc1S(=O)(=O)C(F)(F)F. The Kier molecular flexibility index (Phi) is 4.61. The highest BCUT2D eigenvalue weighted by molar-refractivity contribution is 7.92. The molecule has 1 aromatic rings. The molecule has 0 fully saturated rings. The van der Waals surface area contributed by atoms with Gasteiger partial charge in [-0.3, -0.25) is 0 Å². The van der Waals surface area contributed by atoms with E-state index in [2.05, 4.69) is 5.32 Å². The molecule has 3 nitrogen and oxygen atoms in total. The largest absolute Gasteiger partial charge is 0.501 e. The summed E-state index contributed by atoms with van der Waals surface area (Å²) < 4.78 is 60.1. The molecule has 0 saturated carbocycles. The molecule has 0 unspecified atom stereocenters. The van der Waals surface area contributed by atoms with Gasteiger partial charge in [0, 0.05) is 6.54 Å². The van der Waals surface area contributed by atoms with Crippen molar-refractivity contribution in [3.8, 4) is 0 Å². The van der Waals surface area contributed by atoms with Gasteiger partial charge < -0.3 is 5.32 Å². The number of alkyl halides is 3. The van der Waals surface area contributed by atoms with Gasteiger partial charge in [0.25, 0.3) is 9.84 Å². The van der Waals surface area contributed by atoms with Gasteiger partial charge in [-0.05, 0) is 18.6 Å². The summed E-state index contributed by atoms with van der Waals surface area (Å²) in [7, 11) is -5.31. The van der Waals surface area contributed by atoms with E-state index >= 15 is 0 Å². The van der Waals surface area contributed by atoms with E-state index < -0.39 is 20.2 Å². The molecule has 1 N–H and O–H groups in total. The zero-order chi connectivity index (χ0) is 13.8. The van der Waals surface area contributed by atoms with Gasteiger partial charge in [0.05, 0.1) is 10.6 Å². The van der Waals surface area contributed by atoms with Gasteiger partial charge in [-0.15, -0.1) is 0 Å². The molecule has 0 saturated heterocycles.